The first-order valence-electron chi connectivity index (χ1n) is 9.46. The summed E-state index contributed by atoms with van der Waals surface area (Å²) in [5, 5.41) is 8.77. The van der Waals surface area contributed by atoms with Crippen molar-refractivity contribution in [2.75, 3.05) is 37.9 Å². The number of nitrogens with zero attached hydrogens (tertiary/aromatic N) is 5. The molecular weight excluding hydrogens is 370 g/mol. The molecule has 3 aromatic rings. The van der Waals surface area contributed by atoms with Crippen molar-refractivity contribution in [2.45, 2.75) is 0 Å². The quantitative estimate of drug-likeness (QED) is 0.679. The molecule has 1 amide bonds. The number of rotatable bonds is 3. The zero-order chi connectivity index (χ0) is 19.6. The molecule has 8 nitrogen and oxygen atoms in total. The maximum atomic E-state index is 12.5. The lowest BCUT2D eigenvalue weighted by molar-refractivity contribution is 0.0746. The molecule has 0 saturated carbocycles. The summed E-state index contributed by atoms with van der Waals surface area (Å²) in [4.78, 5) is 20.6. The Morgan fingerprint density at radius 1 is 0.931 bits per heavy atom. The molecule has 0 N–H and O–H groups in total. The number of anilines is 1. The van der Waals surface area contributed by atoms with Crippen LogP contribution in [0, 0.1) is 0 Å². The molecule has 4 heterocycles. The zero-order valence-corrected chi connectivity index (χ0v) is 15.7. The predicted octanol–water partition coefficient (Wildman–Crippen LogP) is 2.23. The van der Waals surface area contributed by atoms with Crippen LogP contribution in [0.4, 0.5) is 5.82 Å². The molecule has 0 atom stereocenters. The van der Waals surface area contributed by atoms with Gasteiger partial charge < -0.3 is 19.3 Å². The van der Waals surface area contributed by atoms with Crippen molar-refractivity contribution in [2.24, 2.45) is 0 Å². The van der Waals surface area contributed by atoms with Gasteiger partial charge in [-0.15, -0.1) is 10.2 Å². The Morgan fingerprint density at radius 2 is 1.79 bits per heavy atom. The number of ether oxygens (including phenoxy) is 2. The van der Waals surface area contributed by atoms with Gasteiger partial charge in [-0.2, -0.15) is 0 Å². The fourth-order valence-electron chi connectivity index (χ4n) is 3.51. The number of carbonyl (C=O) groups is 1. The van der Waals surface area contributed by atoms with Gasteiger partial charge in [0.1, 0.15) is 0 Å². The van der Waals surface area contributed by atoms with E-state index in [0.717, 1.165) is 28.6 Å². The fraction of sp³-hybridized carbons (Fsp3) is 0.238. The number of carbonyl (C=O) groups excluding carboxylic acids is 1. The highest BCUT2D eigenvalue weighted by Crippen LogP contribution is 2.35. The number of fused-ring (bicyclic) bond motifs is 1. The van der Waals surface area contributed by atoms with Crippen LogP contribution >= 0.6 is 0 Å². The lowest BCUT2D eigenvalue weighted by Crippen LogP contribution is -2.49. The summed E-state index contributed by atoms with van der Waals surface area (Å²) in [6.45, 7) is 2.95. The van der Waals surface area contributed by atoms with E-state index in [-0.39, 0.29) is 12.7 Å². The zero-order valence-electron chi connectivity index (χ0n) is 15.7. The molecule has 1 aromatic carbocycles. The van der Waals surface area contributed by atoms with Crippen LogP contribution in [-0.4, -0.2) is 59.0 Å². The molecule has 2 aliphatic rings. The number of amides is 1. The fourth-order valence-corrected chi connectivity index (χ4v) is 3.51. The van der Waals surface area contributed by atoms with Gasteiger partial charge in [0.25, 0.3) is 5.91 Å². The number of hydrogen-bond donors (Lipinski definition) is 0. The Balaban J connectivity index is 1.24. The van der Waals surface area contributed by atoms with Crippen LogP contribution in [0.25, 0.3) is 11.3 Å². The Labute approximate surface area is 167 Å². The Morgan fingerprint density at radius 3 is 2.55 bits per heavy atom. The maximum absolute atomic E-state index is 12.5. The second-order valence-electron chi connectivity index (χ2n) is 6.87. The minimum absolute atomic E-state index is 0.0157. The number of hydrogen-bond acceptors (Lipinski definition) is 7. The molecule has 0 unspecified atom stereocenters. The summed E-state index contributed by atoms with van der Waals surface area (Å²) in [6.07, 6.45) is 3.27. The smallest absolute Gasteiger partial charge is 0.255 e. The van der Waals surface area contributed by atoms with Crippen molar-refractivity contribution in [3.05, 3.63) is 60.4 Å². The molecule has 146 valence electrons. The van der Waals surface area contributed by atoms with E-state index in [1.54, 1.807) is 24.5 Å². The number of aromatic nitrogens is 3. The maximum Gasteiger partial charge on any atom is 0.255 e. The lowest BCUT2D eigenvalue weighted by Gasteiger charge is -2.35. The van der Waals surface area contributed by atoms with Gasteiger partial charge in [-0.25, -0.2) is 0 Å². The molecule has 0 aliphatic carbocycles. The third-order valence-electron chi connectivity index (χ3n) is 5.12. The SMILES string of the molecule is O=C(c1cccnc1)N1CCN(c2ccc(-c3ccc4c(c3)OCO4)nn2)CC1. The summed E-state index contributed by atoms with van der Waals surface area (Å²) < 4.78 is 10.8. The topological polar surface area (TPSA) is 80.7 Å². The minimum atomic E-state index is 0.0157. The Kier molecular flexibility index (Phi) is 4.44. The van der Waals surface area contributed by atoms with Crippen molar-refractivity contribution < 1.29 is 14.3 Å². The standard InChI is InChI=1S/C21H19N5O3/c27-21(16-2-1-7-22-13-16)26-10-8-25(9-11-26)20-6-4-17(23-24-20)15-3-5-18-19(12-15)29-14-28-18/h1-7,12-13H,8-11,14H2. The van der Waals surface area contributed by atoms with Crippen molar-refractivity contribution >= 4 is 11.7 Å². The highest BCUT2D eigenvalue weighted by molar-refractivity contribution is 5.94. The summed E-state index contributed by atoms with van der Waals surface area (Å²) >= 11 is 0. The second-order valence-corrected chi connectivity index (χ2v) is 6.87. The number of piperazine rings is 1. The van der Waals surface area contributed by atoms with Gasteiger partial charge in [-0.3, -0.25) is 9.78 Å². The Hall–Kier alpha value is -3.68. The van der Waals surface area contributed by atoms with Crippen LogP contribution < -0.4 is 14.4 Å². The summed E-state index contributed by atoms with van der Waals surface area (Å²) in [6, 6.07) is 13.2. The monoisotopic (exact) mass is 389 g/mol. The number of benzene rings is 1. The molecule has 5 rings (SSSR count). The van der Waals surface area contributed by atoms with Gasteiger partial charge in [-0.1, -0.05) is 0 Å². The molecule has 8 heteroatoms. The number of pyridine rings is 1. The van der Waals surface area contributed by atoms with Crippen LogP contribution in [0.2, 0.25) is 0 Å². The molecule has 2 aliphatic heterocycles. The van der Waals surface area contributed by atoms with E-state index in [4.69, 9.17) is 9.47 Å². The van der Waals surface area contributed by atoms with Gasteiger partial charge in [0.05, 0.1) is 11.3 Å². The van der Waals surface area contributed by atoms with E-state index in [1.807, 2.05) is 35.2 Å². The second kappa shape index (κ2) is 7.38. The van der Waals surface area contributed by atoms with E-state index in [2.05, 4.69) is 20.1 Å². The first kappa shape index (κ1) is 17.4. The third kappa shape index (κ3) is 3.44. The van der Waals surface area contributed by atoms with Gasteiger partial charge >= 0.3 is 0 Å². The van der Waals surface area contributed by atoms with E-state index in [1.165, 1.54) is 0 Å². The van der Waals surface area contributed by atoms with E-state index < -0.39 is 0 Å². The van der Waals surface area contributed by atoms with E-state index in [9.17, 15) is 4.79 Å². The van der Waals surface area contributed by atoms with Crippen molar-refractivity contribution in [1.29, 1.82) is 0 Å². The van der Waals surface area contributed by atoms with Crippen LogP contribution in [0.5, 0.6) is 11.5 Å². The molecular formula is C21H19N5O3. The van der Waals surface area contributed by atoms with Gasteiger partial charge in [0, 0.05) is 44.1 Å². The predicted molar refractivity (Wildman–Crippen MR) is 106 cm³/mol. The van der Waals surface area contributed by atoms with Gasteiger partial charge in [-0.05, 0) is 42.5 Å². The Bertz CT molecular complexity index is 1020. The molecule has 1 fully saturated rings. The molecule has 0 bridgehead atoms. The third-order valence-corrected chi connectivity index (χ3v) is 5.12. The molecule has 29 heavy (non-hydrogen) atoms. The summed E-state index contributed by atoms with van der Waals surface area (Å²) in [5.74, 6) is 2.30. The van der Waals surface area contributed by atoms with Crippen molar-refractivity contribution in [3.63, 3.8) is 0 Å². The van der Waals surface area contributed by atoms with Crippen molar-refractivity contribution in [3.8, 4) is 22.8 Å². The largest absolute Gasteiger partial charge is 0.454 e. The highest BCUT2D eigenvalue weighted by atomic mass is 16.7. The first-order valence-corrected chi connectivity index (χ1v) is 9.46. The average molecular weight is 389 g/mol. The first-order chi connectivity index (χ1) is 14.3. The van der Waals surface area contributed by atoms with Crippen LogP contribution in [0.1, 0.15) is 10.4 Å². The van der Waals surface area contributed by atoms with E-state index in [0.29, 0.717) is 31.7 Å². The molecule has 2 aromatic heterocycles. The summed E-state index contributed by atoms with van der Waals surface area (Å²) in [7, 11) is 0. The van der Waals surface area contributed by atoms with Crippen molar-refractivity contribution in [1.82, 2.24) is 20.1 Å². The van der Waals surface area contributed by atoms with E-state index >= 15 is 0 Å². The van der Waals surface area contributed by atoms with Crippen LogP contribution in [0.3, 0.4) is 0 Å². The average Bonchev–Trinajstić information content (AvgIpc) is 3.27. The van der Waals surface area contributed by atoms with Gasteiger partial charge in [0.2, 0.25) is 6.79 Å². The molecule has 0 radical (unpaired) electrons. The summed E-state index contributed by atoms with van der Waals surface area (Å²) in [5.41, 5.74) is 2.33. The van der Waals surface area contributed by atoms with Gasteiger partial charge in [0.15, 0.2) is 17.3 Å². The van der Waals surface area contributed by atoms with Crippen LogP contribution in [-0.2, 0) is 0 Å². The molecule has 0 spiro atoms. The normalized spacial score (nSPS) is 15.4. The molecule has 1 saturated heterocycles. The highest BCUT2D eigenvalue weighted by Gasteiger charge is 2.23. The lowest BCUT2D eigenvalue weighted by atomic mass is 10.1. The minimum Gasteiger partial charge on any atom is -0.454 e. The van der Waals surface area contributed by atoms with Crippen LogP contribution in [0.15, 0.2) is 54.9 Å².